The summed E-state index contributed by atoms with van der Waals surface area (Å²) in [5, 5.41) is 12.6. The Hall–Kier alpha value is -3.90. The monoisotopic (exact) mass is 751 g/mol. The minimum Gasteiger partial charge on any atom is -0.392 e. The molecule has 3 fully saturated rings. The van der Waals surface area contributed by atoms with Crippen LogP contribution in [-0.2, 0) is 37.3 Å². The average Bonchev–Trinajstić information content (AvgIpc) is 3.38. The number of amides is 1. The second-order valence-corrected chi connectivity index (χ2v) is 18.5. The first-order valence-electron chi connectivity index (χ1n) is 19.0. The summed E-state index contributed by atoms with van der Waals surface area (Å²) in [5.41, 5.74) is 5.66. The maximum atomic E-state index is 13.8. The van der Waals surface area contributed by atoms with Gasteiger partial charge in [-0.1, -0.05) is 105 Å². The van der Waals surface area contributed by atoms with Crippen LogP contribution in [-0.4, -0.2) is 55.6 Å². The number of hydrogen-bond donors (Lipinski definition) is 3. The van der Waals surface area contributed by atoms with E-state index in [9.17, 15) is 18.3 Å². The van der Waals surface area contributed by atoms with Gasteiger partial charge in [0.05, 0.1) is 23.7 Å². The molecule has 3 N–H and O–H groups in total. The minimum atomic E-state index is -3.98. The maximum absolute atomic E-state index is 13.8. The molecule has 0 radical (unpaired) electrons. The zero-order valence-corrected chi connectivity index (χ0v) is 32.5. The van der Waals surface area contributed by atoms with Crippen molar-refractivity contribution in [2.75, 3.05) is 18.4 Å². The van der Waals surface area contributed by atoms with Crippen LogP contribution in [0.3, 0.4) is 0 Å². The van der Waals surface area contributed by atoms with Crippen molar-refractivity contribution in [2.24, 2.45) is 10.8 Å². The summed E-state index contributed by atoms with van der Waals surface area (Å²) in [4.78, 5) is 16.5. The van der Waals surface area contributed by atoms with Gasteiger partial charge in [0.25, 0.3) is 0 Å². The van der Waals surface area contributed by atoms with Gasteiger partial charge in [-0.3, -0.25) is 9.69 Å². The summed E-state index contributed by atoms with van der Waals surface area (Å²) in [6.45, 7) is 11.0. The van der Waals surface area contributed by atoms with Gasteiger partial charge in [0.15, 0.2) is 6.29 Å². The number of aliphatic hydroxyl groups is 1. The van der Waals surface area contributed by atoms with E-state index in [4.69, 9.17) is 9.47 Å². The van der Waals surface area contributed by atoms with E-state index in [0.29, 0.717) is 29.0 Å². The number of ether oxygens (including phenoxy) is 2. The van der Waals surface area contributed by atoms with Crippen molar-refractivity contribution in [3.05, 3.63) is 131 Å². The lowest BCUT2D eigenvalue weighted by Crippen LogP contribution is -2.45. The molecule has 0 aromatic heterocycles. The van der Waals surface area contributed by atoms with Crippen molar-refractivity contribution in [3.63, 3.8) is 0 Å². The normalized spacial score (nSPS) is 25.9. The number of rotatable bonds is 12. The van der Waals surface area contributed by atoms with E-state index in [-0.39, 0.29) is 30.1 Å². The van der Waals surface area contributed by atoms with E-state index in [1.807, 2.05) is 73.7 Å². The summed E-state index contributed by atoms with van der Waals surface area (Å²) in [5.74, 6) is -0.466. The molecule has 2 aliphatic heterocycles. The van der Waals surface area contributed by atoms with Crippen molar-refractivity contribution in [1.29, 1.82) is 0 Å². The third-order valence-electron chi connectivity index (χ3n) is 11.3. The molecule has 2 saturated heterocycles. The van der Waals surface area contributed by atoms with E-state index in [1.165, 1.54) is 19.3 Å². The van der Waals surface area contributed by atoms with Gasteiger partial charge in [-0.25, -0.2) is 8.42 Å². The SMILES string of the molecule is Cc1ccc(S(=O)(=O)N[C@H](Cc2ccccc2)C(=O)Nc2ccc([C@@H]3O[C@H](CN4CC5(C)CC4CC(C)(C)C5)C[C@H](c4ccc(CO)cc4)O3)cc2)cc1. The molecule has 4 aromatic carbocycles. The number of sulfonamides is 1. The first-order valence-corrected chi connectivity index (χ1v) is 20.5. The van der Waals surface area contributed by atoms with Crippen molar-refractivity contribution in [2.45, 2.75) is 102 Å². The molecule has 1 saturated carbocycles. The third-order valence-corrected chi connectivity index (χ3v) is 12.7. The fourth-order valence-electron chi connectivity index (χ4n) is 9.05. The first-order chi connectivity index (χ1) is 25.8. The number of carbonyl (C=O) groups is 1. The molecule has 2 bridgehead atoms. The topological polar surface area (TPSA) is 117 Å². The van der Waals surface area contributed by atoms with Crippen LogP contribution in [0.4, 0.5) is 5.69 Å². The van der Waals surface area contributed by atoms with E-state index in [1.54, 1.807) is 36.4 Å². The molecule has 286 valence electrons. The number of likely N-dealkylation sites (tertiary alicyclic amines) is 1. The lowest BCUT2D eigenvalue weighted by atomic mass is 9.65. The predicted octanol–water partition coefficient (Wildman–Crippen LogP) is 7.46. The van der Waals surface area contributed by atoms with Gasteiger partial charge in [0.1, 0.15) is 6.04 Å². The second kappa shape index (κ2) is 15.7. The molecule has 54 heavy (non-hydrogen) atoms. The zero-order chi connectivity index (χ0) is 38.1. The van der Waals surface area contributed by atoms with E-state index in [2.05, 4.69) is 35.7 Å². The van der Waals surface area contributed by atoms with Crippen molar-refractivity contribution in [3.8, 4) is 0 Å². The molecule has 4 aromatic rings. The minimum absolute atomic E-state index is 0.0137. The van der Waals surface area contributed by atoms with Crippen molar-refractivity contribution >= 4 is 21.6 Å². The summed E-state index contributed by atoms with van der Waals surface area (Å²) < 4.78 is 42.8. The van der Waals surface area contributed by atoms with Gasteiger partial charge in [-0.2, -0.15) is 4.72 Å². The van der Waals surface area contributed by atoms with Crippen LogP contribution in [0.15, 0.2) is 108 Å². The Morgan fingerprint density at radius 3 is 2.24 bits per heavy atom. The van der Waals surface area contributed by atoms with Crippen molar-refractivity contribution < 1.29 is 27.8 Å². The van der Waals surface area contributed by atoms with Crippen LogP contribution >= 0.6 is 0 Å². The Morgan fingerprint density at radius 1 is 0.870 bits per heavy atom. The highest BCUT2D eigenvalue weighted by atomic mass is 32.2. The number of aryl methyl sites for hydroxylation is 1. The molecule has 1 amide bonds. The molecule has 6 atom stereocenters. The fraction of sp³-hybridized carbons (Fsp3) is 0.432. The Kier molecular flexibility index (Phi) is 11.1. The largest absolute Gasteiger partial charge is 0.392 e. The van der Waals surface area contributed by atoms with Gasteiger partial charge in [-0.15, -0.1) is 0 Å². The molecule has 1 aliphatic carbocycles. The molecule has 9 nitrogen and oxygen atoms in total. The zero-order valence-electron chi connectivity index (χ0n) is 31.7. The number of nitrogens with one attached hydrogen (secondary N) is 2. The summed E-state index contributed by atoms with van der Waals surface area (Å²) >= 11 is 0. The number of carbonyl (C=O) groups excluding carboxylic acids is 1. The number of fused-ring (bicyclic) bond motifs is 2. The molecule has 3 aliphatic rings. The van der Waals surface area contributed by atoms with Crippen LogP contribution in [0.2, 0.25) is 0 Å². The highest BCUT2D eigenvalue weighted by Crippen LogP contribution is 2.53. The number of aliphatic hydroxyl groups excluding tert-OH is 1. The Balaban J connectivity index is 1.08. The van der Waals surface area contributed by atoms with Gasteiger partial charge < -0.3 is 19.9 Å². The molecule has 10 heteroatoms. The Bertz CT molecular complexity index is 2000. The van der Waals surface area contributed by atoms with E-state index in [0.717, 1.165) is 40.9 Å². The number of hydrogen-bond acceptors (Lipinski definition) is 7. The molecular formula is C44H53N3O6S. The van der Waals surface area contributed by atoms with Crippen LogP contribution in [0.25, 0.3) is 0 Å². The smallest absolute Gasteiger partial charge is 0.242 e. The highest BCUT2D eigenvalue weighted by Gasteiger charge is 2.50. The van der Waals surface area contributed by atoms with Crippen LogP contribution in [0, 0.1) is 17.8 Å². The Labute approximate surface area is 320 Å². The maximum Gasteiger partial charge on any atom is 0.242 e. The summed E-state index contributed by atoms with van der Waals surface area (Å²) in [7, 11) is -3.98. The molecule has 0 spiro atoms. The lowest BCUT2D eigenvalue weighted by Gasteiger charge is -2.41. The van der Waals surface area contributed by atoms with Gasteiger partial charge in [-0.05, 0) is 84.4 Å². The van der Waals surface area contributed by atoms with E-state index < -0.39 is 28.3 Å². The molecule has 2 heterocycles. The van der Waals surface area contributed by atoms with Gasteiger partial charge >= 0.3 is 0 Å². The molecule has 2 unspecified atom stereocenters. The number of benzene rings is 4. The fourth-order valence-corrected chi connectivity index (χ4v) is 10.2. The quantitative estimate of drug-likeness (QED) is 0.138. The third kappa shape index (κ3) is 9.13. The van der Waals surface area contributed by atoms with Crippen molar-refractivity contribution in [1.82, 2.24) is 9.62 Å². The average molecular weight is 752 g/mol. The van der Waals surface area contributed by atoms with E-state index >= 15 is 0 Å². The first kappa shape index (κ1) is 38.4. The Morgan fingerprint density at radius 2 is 1.56 bits per heavy atom. The predicted molar refractivity (Wildman–Crippen MR) is 210 cm³/mol. The van der Waals surface area contributed by atoms with Crippen LogP contribution in [0.1, 0.15) is 86.7 Å². The van der Waals surface area contributed by atoms with Crippen LogP contribution < -0.4 is 10.0 Å². The summed E-state index contributed by atoms with van der Waals surface area (Å²) in [6, 6.07) is 30.7. The second-order valence-electron chi connectivity index (χ2n) is 16.8. The van der Waals surface area contributed by atoms with Crippen LogP contribution in [0.5, 0.6) is 0 Å². The highest BCUT2D eigenvalue weighted by molar-refractivity contribution is 7.89. The molecule has 7 rings (SSSR count). The number of anilines is 1. The van der Waals surface area contributed by atoms with Gasteiger partial charge in [0, 0.05) is 36.8 Å². The standard InChI is InChI=1S/C44H53N3O6S/c1-30-10-20-38(21-11-30)54(50,51)46-39(22-31-8-6-5-7-9-31)41(49)45-35-18-16-34(17-19-35)42-52-37(23-40(53-42)33-14-12-32(27-48)13-15-33)26-47-29-44(4)25-36(47)24-43(2,3)28-44/h5-21,36-37,39-40,42,46,48H,22-29H2,1-4H3,(H,45,49)/t36?,37-,39+,40+,42+,44?/m0/s1. The summed E-state index contributed by atoms with van der Waals surface area (Å²) in [6.07, 6.45) is 3.66. The molecular weight excluding hydrogens is 699 g/mol. The number of nitrogens with zero attached hydrogens (tertiary/aromatic N) is 1. The lowest BCUT2D eigenvalue weighted by molar-refractivity contribution is -0.253. The van der Waals surface area contributed by atoms with Gasteiger partial charge in [0.2, 0.25) is 15.9 Å².